The summed E-state index contributed by atoms with van der Waals surface area (Å²) in [6.07, 6.45) is -0.134. The first-order valence-corrected chi connectivity index (χ1v) is 5.36. The van der Waals surface area contributed by atoms with E-state index < -0.39 is 5.97 Å². The van der Waals surface area contributed by atoms with Crippen molar-refractivity contribution in [2.24, 2.45) is 0 Å². The van der Waals surface area contributed by atoms with Crippen LogP contribution in [0.1, 0.15) is 19.7 Å². The Bertz CT molecular complexity index is 334. The standard InChI is InChI=1S/C9H17N5O2/c1-3-13(4-2)5-6-14-8(7-9(15)16)10-11-12-14/h3-7H2,1-2H3,(H,15,16). The second-order valence-electron chi connectivity index (χ2n) is 3.42. The minimum absolute atomic E-state index is 0.134. The number of hydrogen-bond donors (Lipinski definition) is 1. The van der Waals surface area contributed by atoms with Crippen molar-refractivity contribution in [2.75, 3.05) is 19.6 Å². The van der Waals surface area contributed by atoms with Crippen LogP contribution in [-0.4, -0.2) is 55.8 Å². The zero-order chi connectivity index (χ0) is 12.0. The number of carboxylic acid groups (broad SMARTS) is 1. The molecule has 0 amide bonds. The number of tetrazole rings is 1. The maximum absolute atomic E-state index is 10.6. The molecular formula is C9H17N5O2. The van der Waals surface area contributed by atoms with Crippen LogP contribution < -0.4 is 0 Å². The second-order valence-corrected chi connectivity index (χ2v) is 3.42. The van der Waals surface area contributed by atoms with Crippen molar-refractivity contribution < 1.29 is 9.90 Å². The van der Waals surface area contributed by atoms with E-state index >= 15 is 0 Å². The molecule has 1 rings (SSSR count). The quantitative estimate of drug-likeness (QED) is 0.685. The van der Waals surface area contributed by atoms with Crippen LogP contribution in [0.3, 0.4) is 0 Å². The van der Waals surface area contributed by atoms with Crippen molar-refractivity contribution in [3.05, 3.63) is 5.82 Å². The molecule has 1 N–H and O–H groups in total. The number of aromatic nitrogens is 4. The molecule has 7 nitrogen and oxygen atoms in total. The lowest BCUT2D eigenvalue weighted by Crippen LogP contribution is -2.28. The number of aliphatic carboxylic acids is 1. The lowest BCUT2D eigenvalue weighted by molar-refractivity contribution is -0.136. The van der Waals surface area contributed by atoms with Gasteiger partial charge in [0.2, 0.25) is 0 Å². The van der Waals surface area contributed by atoms with Crippen LogP contribution >= 0.6 is 0 Å². The Morgan fingerprint density at radius 2 is 2.12 bits per heavy atom. The molecule has 0 spiro atoms. The van der Waals surface area contributed by atoms with Gasteiger partial charge in [0.15, 0.2) is 5.82 Å². The van der Waals surface area contributed by atoms with E-state index in [2.05, 4.69) is 34.3 Å². The molecule has 0 aliphatic heterocycles. The molecule has 0 atom stereocenters. The van der Waals surface area contributed by atoms with Gasteiger partial charge >= 0.3 is 5.97 Å². The van der Waals surface area contributed by atoms with Crippen LogP contribution in [0.5, 0.6) is 0 Å². The summed E-state index contributed by atoms with van der Waals surface area (Å²) in [7, 11) is 0. The molecule has 0 unspecified atom stereocenters. The van der Waals surface area contributed by atoms with E-state index in [4.69, 9.17) is 5.11 Å². The smallest absolute Gasteiger partial charge is 0.311 e. The maximum atomic E-state index is 10.6. The Labute approximate surface area is 94.0 Å². The summed E-state index contributed by atoms with van der Waals surface area (Å²) < 4.78 is 1.55. The average molecular weight is 227 g/mol. The van der Waals surface area contributed by atoms with Gasteiger partial charge in [-0.2, -0.15) is 0 Å². The van der Waals surface area contributed by atoms with Gasteiger partial charge in [0.1, 0.15) is 6.42 Å². The monoisotopic (exact) mass is 227 g/mol. The van der Waals surface area contributed by atoms with Crippen molar-refractivity contribution in [3.8, 4) is 0 Å². The largest absolute Gasteiger partial charge is 0.481 e. The highest BCUT2D eigenvalue weighted by Crippen LogP contribution is 1.96. The van der Waals surface area contributed by atoms with Gasteiger partial charge < -0.3 is 10.0 Å². The summed E-state index contributed by atoms with van der Waals surface area (Å²) in [4.78, 5) is 12.8. The molecular weight excluding hydrogens is 210 g/mol. The summed E-state index contributed by atoms with van der Waals surface area (Å²) >= 11 is 0. The van der Waals surface area contributed by atoms with Crippen LogP contribution in [0.15, 0.2) is 0 Å². The topological polar surface area (TPSA) is 84.1 Å². The molecule has 0 fully saturated rings. The van der Waals surface area contributed by atoms with Crippen molar-refractivity contribution >= 4 is 5.97 Å². The molecule has 1 aromatic rings. The third-order valence-corrected chi connectivity index (χ3v) is 2.44. The fourth-order valence-electron chi connectivity index (χ4n) is 1.43. The number of nitrogens with zero attached hydrogens (tertiary/aromatic N) is 5. The molecule has 0 bridgehead atoms. The number of carbonyl (C=O) groups is 1. The third-order valence-electron chi connectivity index (χ3n) is 2.44. The van der Waals surface area contributed by atoms with Crippen molar-refractivity contribution in [3.63, 3.8) is 0 Å². The minimum Gasteiger partial charge on any atom is -0.481 e. The van der Waals surface area contributed by atoms with Crippen LogP contribution in [0.25, 0.3) is 0 Å². The number of likely N-dealkylation sites (N-methyl/N-ethyl adjacent to an activating group) is 1. The molecule has 0 radical (unpaired) electrons. The number of hydrogen-bond acceptors (Lipinski definition) is 5. The molecule has 0 aliphatic rings. The highest BCUT2D eigenvalue weighted by molar-refractivity contribution is 5.68. The van der Waals surface area contributed by atoms with Gasteiger partial charge in [-0.1, -0.05) is 13.8 Å². The first-order chi connectivity index (χ1) is 7.67. The number of carboxylic acids is 1. The minimum atomic E-state index is -0.918. The highest BCUT2D eigenvalue weighted by atomic mass is 16.4. The summed E-state index contributed by atoms with van der Waals surface area (Å²) in [5.74, 6) is -0.515. The fraction of sp³-hybridized carbons (Fsp3) is 0.778. The van der Waals surface area contributed by atoms with Crippen LogP contribution in [-0.2, 0) is 17.8 Å². The highest BCUT2D eigenvalue weighted by Gasteiger charge is 2.10. The summed E-state index contributed by atoms with van der Waals surface area (Å²) in [5, 5.41) is 19.6. The normalized spacial score (nSPS) is 10.9. The zero-order valence-corrected chi connectivity index (χ0v) is 9.63. The van der Waals surface area contributed by atoms with Gasteiger partial charge in [0.05, 0.1) is 6.54 Å². The van der Waals surface area contributed by atoms with E-state index in [0.29, 0.717) is 12.4 Å². The van der Waals surface area contributed by atoms with E-state index in [1.165, 1.54) is 0 Å². The van der Waals surface area contributed by atoms with E-state index in [-0.39, 0.29) is 6.42 Å². The Morgan fingerprint density at radius 1 is 1.44 bits per heavy atom. The molecule has 0 saturated carbocycles. The van der Waals surface area contributed by atoms with Crippen LogP contribution in [0.4, 0.5) is 0 Å². The molecule has 90 valence electrons. The van der Waals surface area contributed by atoms with Crippen LogP contribution in [0.2, 0.25) is 0 Å². The van der Waals surface area contributed by atoms with E-state index in [0.717, 1.165) is 19.6 Å². The average Bonchev–Trinajstić information content (AvgIpc) is 2.66. The fourth-order valence-corrected chi connectivity index (χ4v) is 1.43. The lowest BCUT2D eigenvalue weighted by Gasteiger charge is -2.17. The Balaban J connectivity index is 2.53. The zero-order valence-electron chi connectivity index (χ0n) is 9.63. The molecule has 1 heterocycles. The van der Waals surface area contributed by atoms with Crippen molar-refractivity contribution in [1.29, 1.82) is 0 Å². The lowest BCUT2D eigenvalue weighted by atomic mass is 10.4. The van der Waals surface area contributed by atoms with Crippen LogP contribution in [0, 0.1) is 0 Å². The first kappa shape index (κ1) is 12.6. The summed E-state index contributed by atoms with van der Waals surface area (Å²) in [6, 6.07) is 0. The van der Waals surface area contributed by atoms with Crippen molar-refractivity contribution in [1.82, 2.24) is 25.1 Å². The molecule has 7 heteroatoms. The van der Waals surface area contributed by atoms with Gasteiger partial charge in [-0.15, -0.1) is 5.10 Å². The molecule has 0 aliphatic carbocycles. The van der Waals surface area contributed by atoms with Gasteiger partial charge in [-0.05, 0) is 23.5 Å². The molecule has 0 aromatic carbocycles. The van der Waals surface area contributed by atoms with Gasteiger partial charge in [0, 0.05) is 6.54 Å². The molecule has 16 heavy (non-hydrogen) atoms. The molecule has 0 saturated heterocycles. The SMILES string of the molecule is CCN(CC)CCn1nnnc1CC(=O)O. The Morgan fingerprint density at radius 3 is 2.69 bits per heavy atom. The van der Waals surface area contributed by atoms with Gasteiger partial charge in [-0.25, -0.2) is 4.68 Å². The maximum Gasteiger partial charge on any atom is 0.311 e. The first-order valence-electron chi connectivity index (χ1n) is 5.36. The third kappa shape index (κ3) is 3.58. The summed E-state index contributed by atoms with van der Waals surface area (Å²) in [5.41, 5.74) is 0. The molecule has 1 aromatic heterocycles. The predicted molar refractivity (Wildman–Crippen MR) is 56.9 cm³/mol. The Kier molecular flexibility index (Phi) is 4.84. The van der Waals surface area contributed by atoms with E-state index in [1.807, 2.05) is 0 Å². The predicted octanol–water partition coefficient (Wildman–Crippen LogP) is -0.358. The Hall–Kier alpha value is -1.50. The van der Waals surface area contributed by atoms with E-state index in [1.54, 1.807) is 4.68 Å². The number of rotatable bonds is 7. The van der Waals surface area contributed by atoms with Gasteiger partial charge in [0.25, 0.3) is 0 Å². The van der Waals surface area contributed by atoms with Crippen molar-refractivity contribution in [2.45, 2.75) is 26.8 Å². The van der Waals surface area contributed by atoms with Gasteiger partial charge in [-0.3, -0.25) is 4.79 Å². The van der Waals surface area contributed by atoms with E-state index in [9.17, 15) is 4.79 Å². The second kappa shape index (κ2) is 6.16. The summed E-state index contributed by atoms with van der Waals surface area (Å²) in [6.45, 7) is 7.55.